The average molecular weight is 419 g/mol. The van der Waals surface area contributed by atoms with Gasteiger partial charge < -0.3 is 23.8 Å². The van der Waals surface area contributed by atoms with Crippen LogP contribution in [0.3, 0.4) is 0 Å². The lowest BCUT2D eigenvalue weighted by molar-refractivity contribution is -0.887. The molecule has 0 bridgehead atoms. The molecule has 2 unspecified atom stereocenters. The molecular weight excluding hydrogens is 378 g/mol. The van der Waals surface area contributed by atoms with Crippen molar-refractivity contribution in [2.45, 2.75) is 77.4 Å². The molecule has 0 spiro atoms. The molecule has 0 fully saturated rings. The van der Waals surface area contributed by atoms with Crippen LogP contribution in [0.4, 0.5) is 0 Å². The molecule has 0 aromatic carbocycles. The zero-order valence-electron chi connectivity index (χ0n) is 18.8. The van der Waals surface area contributed by atoms with Crippen LogP contribution in [0.15, 0.2) is 0 Å². The van der Waals surface area contributed by atoms with Gasteiger partial charge in [0.05, 0.1) is 34.4 Å². The maximum atomic E-state index is 12.0. The van der Waals surface area contributed by atoms with Gasteiger partial charge in [0.2, 0.25) is 0 Å². The Bertz CT molecular complexity index is 488. The lowest BCUT2D eigenvalue weighted by Gasteiger charge is -2.31. The van der Waals surface area contributed by atoms with Crippen molar-refractivity contribution < 1.29 is 38.2 Å². The third-order valence-corrected chi connectivity index (χ3v) is 4.51. The summed E-state index contributed by atoms with van der Waals surface area (Å²) >= 11 is 0. The van der Waals surface area contributed by atoms with E-state index >= 15 is 0 Å². The van der Waals surface area contributed by atoms with Crippen LogP contribution in [-0.4, -0.2) is 80.6 Å². The number of nitrogens with zero attached hydrogens (tertiary/aromatic N) is 1. The summed E-state index contributed by atoms with van der Waals surface area (Å²) in [6.45, 7) is 4.26. The summed E-state index contributed by atoms with van der Waals surface area (Å²) in [6.07, 6.45) is 4.63. The Morgan fingerprint density at radius 2 is 1.52 bits per heavy atom. The number of carbonyl (C=O) groups excluding carboxylic acids is 2. The predicted molar refractivity (Wildman–Crippen MR) is 109 cm³/mol. The SMILES string of the molecule is CCCCCC(=O)OC(COCCC(C(=O)O)[N+](C)(C)C)COC(=O)CCCC. The normalized spacial score (nSPS) is 13.6. The second-order valence-electron chi connectivity index (χ2n) is 8.19. The molecule has 0 amide bonds. The number of likely N-dealkylation sites (N-methyl/N-ethyl adjacent to an activating group) is 1. The fraction of sp³-hybridized carbons (Fsp3) is 0.857. The molecular formula is C21H40NO7+. The van der Waals surface area contributed by atoms with E-state index in [4.69, 9.17) is 14.2 Å². The molecule has 0 saturated heterocycles. The van der Waals surface area contributed by atoms with Gasteiger partial charge in [0.15, 0.2) is 12.1 Å². The van der Waals surface area contributed by atoms with E-state index in [9.17, 15) is 19.5 Å². The Balaban J connectivity index is 4.57. The van der Waals surface area contributed by atoms with Crippen molar-refractivity contribution in [2.24, 2.45) is 0 Å². The summed E-state index contributed by atoms with van der Waals surface area (Å²) in [5.41, 5.74) is 0. The average Bonchev–Trinajstić information content (AvgIpc) is 2.62. The number of hydrogen-bond acceptors (Lipinski definition) is 6. The van der Waals surface area contributed by atoms with E-state index < -0.39 is 18.1 Å². The number of esters is 2. The highest BCUT2D eigenvalue weighted by Gasteiger charge is 2.31. The van der Waals surface area contributed by atoms with Crippen molar-refractivity contribution in [3.8, 4) is 0 Å². The molecule has 0 aromatic rings. The second kappa shape index (κ2) is 15.2. The number of carboxylic acids is 1. The van der Waals surface area contributed by atoms with Crippen molar-refractivity contribution in [2.75, 3.05) is 41.0 Å². The van der Waals surface area contributed by atoms with Crippen LogP contribution < -0.4 is 0 Å². The van der Waals surface area contributed by atoms with Crippen molar-refractivity contribution in [1.82, 2.24) is 0 Å². The summed E-state index contributed by atoms with van der Waals surface area (Å²) in [7, 11) is 5.44. The van der Waals surface area contributed by atoms with Gasteiger partial charge in [-0.05, 0) is 12.8 Å². The van der Waals surface area contributed by atoms with Gasteiger partial charge in [0, 0.05) is 19.3 Å². The molecule has 170 valence electrons. The first-order valence-corrected chi connectivity index (χ1v) is 10.6. The summed E-state index contributed by atoms with van der Waals surface area (Å²) in [5, 5.41) is 9.36. The first kappa shape index (κ1) is 27.3. The maximum Gasteiger partial charge on any atom is 0.362 e. The van der Waals surface area contributed by atoms with Crippen LogP contribution in [0.1, 0.15) is 65.2 Å². The fourth-order valence-corrected chi connectivity index (χ4v) is 2.71. The van der Waals surface area contributed by atoms with Gasteiger partial charge in [-0.2, -0.15) is 0 Å². The minimum atomic E-state index is -0.884. The van der Waals surface area contributed by atoms with Crippen LogP contribution in [0.5, 0.6) is 0 Å². The molecule has 0 radical (unpaired) electrons. The molecule has 0 heterocycles. The quantitative estimate of drug-likeness (QED) is 0.220. The minimum Gasteiger partial charge on any atom is -0.477 e. The van der Waals surface area contributed by atoms with Crippen LogP contribution in [-0.2, 0) is 28.6 Å². The molecule has 8 heteroatoms. The molecule has 8 nitrogen and oxygen atoms in total. The molecule has 2 atom stereocenters. The molecule has 0 aliphatic heterocycles. The third-order valence-electron chi connectivity index (χ3n) is 4.51. The molecule has 0 aliphatic carbocycles. The number of carbonyl (C=O) groups is 3. The Morgan fingerprint density at radius 1 is 0.897 bits per heavy atom. The Hall–Kier alpha value is -1.67. The van der Waals surface area contributed by atoms with E-state index in [1.807, 2.05) is 28.1 Å². The van der Waals surface area contributed by atoms with E-state index in [0.717, 1.165) is 32.1 Å². The van der Waals surface area contributed by atoms with E-state index in [1.54, 1.807) is 0 Å². The van der Waals surface area contributed by atoms with Crippen LogP contribution in [0.2, 0.25) is 0 Å². The number of quaternary nitrogens is 1. The molecule has 0 saturated carbocycles. The molecule has 0 aromatic heterocycles. The van der Waals surface area contributed by atoms with Crippen LogP contribution >= 0.6 is 0 Å². The third kappa shape index (κ3) is 14.0. The first-order chi connectivity index (χ1) is 13.6. The number of ether oxygens (including phenoxy) is 3. The maximum absolute atomic E-state index is 12.0. The Morgan fingerprint density at radius 3 is 2.07 bits per heavy atom. The number of rotatable bonds is 17. The monoisotopic (exact) mass is 418 g/mol. The summed E-state index contributed by atoms with van der Waals surface area (Å²) in [5.74, 6) is -1.55. The second-order valence-corrected chi connectivity index (χ2v) is 8.19. The minimum absolute atomic E-state index is 0.0558. The van der Waals surface area contributed by atoms with Gasteiger partial charge in [-0.3, -0.25) is 9.59 Å². The van der Waals surface area contributed by atoms with Crippen molar-refractivity contribution in [1.29, 1.82) is 0 Å². The molecule has 0 aliphatic rings. The number of aliphatic carboxylic acids is 1. The fourth-order valence-electron chi connectivity index (χ4n) is 2.71. The van der Waals surface area contributed by atoms with Gasteiger partial charge in [-0.15, -0.1) is 0 Å². The smallest absolute Gasteiger partial charge is 0.362 e. The summed E-state index contributed by atoms with van der Waals surface area (Å²) in [4.78, 5) is 35.2. The highest BCUT2D eigenvalue weighted by atomic mass is 16.6. The number of carboxylic acid groups (broad SMARTS) is 1. The number of unbranched alkanes of at least 4 members (excludes halogenated alkanes) is 3. The Labute approximate surface area is 175 Å². The highest BCUT2D eigenvalue weighted by molar-refractivity contribution is 5.72. The van der Waals surface area contributed by atoms with Crippen molar-refractivity contribution >= 4 is 17.9 Å². The zero-order chi connectivity index (χ0) is 22.3. The van der Waals surface area contributed by atoms with E-state index in [-0.39, 0.29) is 36.2 Å². The highest BCUT2D eigenvalue weighted by Crippen LogP contribution is 2.10. The van der Waals surface area contributed by atoms with Crippen molar-refractivity contribution in [3.63, 3.8) is 0 Å². The largest absolute Gasteiger partial charge is 0.477 e. The van der Waals surface area contributed by atoms with Crippen LogP contribution in [0.25, 0.3) is 0 Å². The standard InChI is InChI=1S/C21H39NO7/c1-6-8-10-12-20(24)29-17(16-28-19(23)11-9-7-2)15-27-14-13-18(21(25)26)22(3,4)5/h17-18H,6-16H2,1-5H3/p+1. The van der Waals surface area contributed by atoms with Gasteiger partial charge in [-0.1, -0.05) is 33.1 Å². The van der Waals surface area contributed by atoms with E-state index in [0.29, 0.717) is 19.3 Å². The molecule has 0 rings (SSSR count). The van der Waals surface area contributed by atoms with Crippen LogP contribution in [0, 0.1) is 0 Å². The molecule has 1 N–H and O–H groups in total. The van der Waals surface area contributed by atoms with Crippen molar-refractivity contribution in [3.05, 3.63) is 0 Å². The van der Waals surface area contributed by atoms with Gasteiger partial charge in [0.1, 0.15) is 6.61 Å². The van der Waals surface area contributed by atoms with Gasteiger partial charge in [0.25, 0.3) is 0 Å². The topological polar surface area (TPSA) is 99.1 Å². The lowest BCUT2D eigenvalue weighted by Crippen LogP contribution is -2.50. The first-order valence-electron chi connectivity index (χ1n) is 10.6. The number of hydrogen-bond donors (Lipinski definition) is 1. The van der Waals surface area contributed by atoms with E-state index in [2.05, 4.69) is 6.92 Å². The summed E-state index contributed by atoms with van der Waals surface area (Å²) < 4.78 is 16.5. The summed E-state index contributed by atoms with van der Waals surface area (Å²) in [6, 6.07) is -0.600. The lowest BCUT2D eigenvalue weighted by atomic mass is 10.1. The zero-order valence-corrected chi connectivity index (χ0v) is 18.8. The van der Waals surface area contributed by atoms with E-state index in [1.165, 1.54) is 0 Å². The van der Waals surface area contributed by atoms with Gasteiger partial charge in [-0.25, -0.2) is 4.79 Å². The predicted octanol–water partition coefficient (Wildman–Crippen LogP) is 2.78. The van der Waals surface area contributed by atoms with Gasteiger partial charge >= 0.3 is 17.9 Å². The Kier molecular flexibility index (Phi) is 14.3. The molecule has 29 heavy (non-hydrogen) atoms.